The van der Waals surface area contributed by atoms with Crippen molar-refractivity contribution in [3.05, 3.63) is 28.2 Å². The van der Waals surface area contributed by atoms with Gasteiger partial charge in [-0.05, 0) is 18.2 Å². The van der Waals surface area contributed by atoms with E-state index in [-0.39, 0.29) is 24.2 Å². The van der Waals surface area contributed by atoms with E-state index in [2.05, 4.69) is 26.6 Å². The maximum Gasteiger partial charge on any atom is 0.253 e. The van der Waals surface area contributed by atoms with Gasteiger partial charge in [-0.1, -0.05) is 15.9 Å². The smallest absolute Gasteiger partial charge is 0.253 e. The lowest BCUT2D eigenvalue weighted by Crippen LogP contribution is -2.33. The highest BCUT2D eigenvalue weighted by Gasteiger charge is 2.08. The third kappa shape index (κ3) is 5.37. The first-order valence-electron chi connectivity index (χ1n) is 5.08. The van der Waals surface area contributed by atoms with E-state index in [1.807, 2.05) is 0 Å². The highest BCUT2D eigenvalue weighted by molar-refractivity contribution is 9.10. The second kappa shape index (κ2) is 7.94. The van der Waals surface area contributed by atoms with E-state index in [4.69, 9.17) is 5.73 Å². The van der Waals surface area contributed by atoms with Gasteiger partial charge in [0, 0.05) is 30.2 Å². The Morgan fingerprint density at radius 2 is 1.89 bits per heavy atom. The van der Waals surface area contributed by atoms with Crippen LogP contribution in [-0.4, -0.2) is 24.9 Å². The molecule has 18 heavy (non-hydrogen) atoms. The number of nitrogens with two attached hydrogens (primary N) is 1. The van der Waals surface area contributed by atoms with Crippen molar-refractivity contribution in [2.45, 2.75) is 6.92 Å². The molecule has 0 aliphatic heterocycles. The third-order valence-electron chi connectivity index (χ3n) is 2.04. The lowest BCUT2D eigenvalue weighted by Gasteiger charge is -2.08. The van der Waals surface area contributed by atoms with Crippen LogP contribution < -0.4 is 16.4 Å². The fraction of sp³-hybridized carbons (Fsp3) is 0.273. The van der Waals surface area contributed by atoms with Crippen LogP contribution in [0.4, 0.5) is 5.69 Å². The molecule has 0 saturated heterocycles. The van der Waals surface area contributed by atoms with E-state index in [1.165, 1.54) is 6.92 Å². The summed E-state index contributed by atoms with van der Waals surface area (Å²) in [4.78, 5) is 22.3. The monoisotopic (exact) mass is 335 g/mol. The Bertz CT molecular complexity index is 440. The van der Waals surface area contributed by atoms with Gasteiger partial charge in [-0.25, -0.2) is 0 Å². The number of halogens is 2. The largest absolute Gasteiger partial charge is 0.398 e. The lowest BCUT2D eigenvalue weighted by atomic mass is 10.1. The number of amides is 2. The van der Waals surface area contributed by atoms with Crippen molar-refractivity contribution in [2.24, 2.45) is 0 Å². The molecule has 0 aliphatic carbocycles. The van der Waals surface area contributed by atoms with Crippen LogP contribution in [0.2, 0.25) is 0 Å². The van der Waals surface area contributed by atoms with Gasteiger partial charge in [-0.2, -0.15) is 0 Å². The molecule has 1 aromatic carbocycles. The molecule has 0 radical (unpaired) electrons. The predicted molar refractivity (Wildman–Crippen MR) is 76.8 cm³/mol. The Balaban J connectivity index is 0.00000289. The van der Waals surface area contributed by atoms with Gasteiger partial charge < -0.3 is 16.4 Å². The van der Waals surface area contributed by atoms with Gasteiger partial charge >= 0.3 is 0 Å². The first kappa shape index (κ1) is 16.7. The second-order valence-electron chi connectivity index (χ2n) is 3.47. The Morgan fingerprint density at radius 3 is 2.44 bits per heavy atom. The van der Waals surface area contributed by atoms with Gasteiger partial charge in [0.05, 0.1) is 5.56 Å². The number of carbonyl (C=O) groups excluding carboxylic acids is 2. The summed E-state index contributed by atoms with van der Waals surface area (Å²) in [6.07, 6.45) is 0. The fourth-order valence-electron chi connectivity index (χ4n) is 1.25. The molecule has 1 rings (SSSR count). The number of rotatable bonds is 4. The molecular weight excluding hydrogens is 321 g/mol. The van der Waals surface area contributed by atoms with Gasteiger partial charge in [0.2, 0.25) is 5.91 Å². The number of nitrogen functional groups attached to an aromatic ring is 1. The zero-order chi connectivity index (χ0) is 12.8. The molecule has 0 atom stereocenters. The second-order valence-corrected chi connectivity index (χ2v) is 4.39. The van der Waals surface area contributed by atoms with Crippen LogP contribution in [0.25, 0.3) is 0 Å². The number of nitrogens with one attached hydrogen (secondary N) is 2. The zero-order valence-electron chi connectivity index (χ0n) is 9.83. The van der Waals surface area contributed by atoms with Gasteiger partial charge in [-0.15, -0.1) is 12.4 Å². The minimum absolute atomic E-state index is 0. The van der Waals surface area contributed by atoms with Crippen molar-refractivity contribution in [3.63, 3.8) is 0 Å². The molecule has 0 heterocycles. The number of hydrogen-bond donors (Lipinski definition) is 3. The molecule has 0 bridgehead atoms. The minimum atomic E-state index is -0.250. The molecule has 2 amide bonds. The van der Waals surface area contributed by atoms with E-state index in [0.717, 1.165) is 4.47 Å². The molecule has 0 saturated carbocycles. The standard InChI is InChI=1S/C11H14BrN3O2.ClH/c1-7(16)14-4-5-15-11(17)9-3-2-8(12)6-10(9)13;/h2-3,6H,4-5,13H2,1H3,(H,14,16)(H,15,17);1H. The van der Waals surface area contributed by atoms with E-state index >= 15 is 0 Å². The van der Waals surface area contributed by atoms with E-state index < -0.39 is 0 Å². The number of benzene rings is 1. The summed E-state index contributed by atoms with van der Waals surface area (Å²) in [5.74, 6) is -0.372. The van der Waals surface area contributed by atoms with E-state index in [0.29, 0.717) is 24.3 Å². The van der Waals surface area contributed by atoms with Crippen LogP contribution in [-0.2, 0) is 4.79 Å². The summed E-state index contributed by atoms with van der Waals surface area (Å²) in [6.45, 7) is 2.19. The summed E-state index contributed by atoms with van der Waals surface area (Å²) >= 11 is 3.27. The normalized spacial score (nSPS) is 9.22. The molecule has 0 fully saturated rings. The maximum atomic E-state index is 11.7. The van der Waals surface area contributed by atoms with Crippen LogP contribution in [0.3, 0.4) is 0 Å². The SMILES string of the molecule is CC(=O)NCCNC(=O)c1ccc(Br)cc1N.Cl. The number of carbonyl (C=O) groups is 2. The maximum absolute atomic E-state index is 11.7. The first-order chi connectivity index (χ1) is 8.00. The van der Waals surface area contributed by atoms with Crippen molar-refractivity contribution in [3.8, 4) is 0 Å². The van der Waals surface area contributed by atoms with Crippen LogP contribution in [0, 0.1) is 0 Å². The summed E-state index contributed by atoms with van der Waals surface area (Å²) in [7, 11) is 0. The summed E-state index contributed by atoms with van der Waals surface area (Å²) < 4.78 is 0.824. The Hall–Kier alpha value is -1.27. The molecule has 0 unspecified atom stereocenters. The minimum Gasteiger partial charge on any atom is -0.398 e. The van der Waals surface area contributed by atoms with Gasteiger partial charge in [0.1, 0.15) is 0 Å². The molecule has 100 valence electrons. The third-order valence-corrected chi connectivity index (χ3v) is 2.54. The van der Waals surface area contributed by atoms with Crippen LogP contribution in [0.1, 0.15) is 17.3 Å². The topological polar surface area (TPSA) is 84.2 Å². The first-order valence-corrected chi connectivity index (χ1v) is 5.87. The van der Waals surface area contributed by atoms with Gasteiger partial charge in [0.25, 0.3) is 5.91 Å². The summed E-state index contributed by atoms with van der Waals surface area (Å²) in [5, 5.41) is 5.25. The molecule has 1 aromatic rings. The van der Waals surface area contributed by atoms with Crippen molar-refractivity contribution in [1.82, 2.24) is 10.6 Å². The molecule has 4 N–H and O–H groups in total. The van der Waals surface area contributed by atoms with E-state index in [1.54, 1.807) is 18.2 Å². The van der Waals surface area contributed by atoms with Gasteiger partial charge in [-0.3, -0.25) is 9.59 Å². The molecule has 0 spiro atoms. The highest BCUT2D eigenvalue weighted by atomic mass is 79.9. The van der Waals surface area contributed by atoms with Crippen molar-refractivity contribution >= 4 is 45.8 Å². The zero-order valence-corrected chi connectivity index (χ0v) is 12.2. The molecule has 0 aliphatic rings. The fourth-order valence-corrected chi connectivity index (χ4v) is 1.63. The van der Waals surface area contributed by atoms with Crippen molar-refractivity contribution in [1.29, 1.82) is 0 Å². The Kier molecular flexibility index (Phi) is 7.38. The highest BCUT2D eigenvalue weighted by Crippen LogP contribution is 2.18. The van der Waals surface area contributed by atoms with Crippen LogP contribution >= 0.6 is 28.3 Å². The average Bonchev–Trinajstić information content (AvgIpc) is 2.23. The molecule has 5 nitrogen and oxygen atoms in total. The van der Waals surface area contributed by atoms with Crippen LogP contribution in [0.5, 0.6) is 0 Å². The number of hydrogen-bond acceptors (Lipinski definition) is 3. The van der Waals surface area contributed by atoms with Crippen molar-refractivity contribution in [2.75, 3.05) is 18.8 Å². The Labute approximate surface area is 120 Å². The molecule has 7 heteroatoms. The summed E-state index contributed by atoms with van der Waals surface area (Å²) in [6, 6.07) is 5.06. The van der Waals surface area contributed by atoms with Gasteiger partial charge in [0.15, 0.2) is 0 Å². The van der Waals surface area contributed by atoms with E-state index in [9.17, 15) is 9.59 Å². The Morgan fingerprint density at radius 1 is 1.28 bits per heavy atom. The molecule has 0 aromatic heterocycles. The quantitative estimate of drug-likeness (QED) is 0.573. The lowest BCUT2D eigenvalue weighted by molar-refractivity contribution is -0.118. The predicted octanol–water partition coefficient (Wildman–Crippen LogP) is 1.32. The van der Waals surface area contributed by atoms with Crippen molar-refractivity contribution < 1.29 is 9.59 Å². The molecular formula is C11H15BrClN3O2. The van der Waals surface area contributed by atoms with Crippen LogP contribution in [0.15, 0.2) is 22.7 Å². The average molecular weight is 337 g/mol. The number of anilines is 1. The summed E-state index contributed by atoms with van der Waals surface area (Å²) in [5.41, 5.74) is 6.55.